The lowest BCUT2D eigenvalue weighted by Gasteiger charge is -2.37. The van der Waals surface area contributed by atoms with Crippen LogP contribution in [-0.2, 0) is 17.8 Å². The van der Waals surface area contributed by atoms with Crippen LogP contribution in [0.1, 0.15) is 22.6 Å². The number of piperazine rings is 1. The minimum absolute atomic E-state index is 0.00942. The molecule has 0 aliphatic carbocycles. The Balaban J connectivity index is 1.92. The van der Waals surface area contributed by atoms with Crippen LogP contribution in [-0.4, -0.2) is 73.2 Å². The lowest BCUT2D eigenvalue weighted by atomic mass is 10.0. The van der Waals surface area contributed by atoms with Crippen molar-refractivity contribution in [2.75, 3.05) is 52.3 Å². The number of aromatic nitrogens is 2. The summed E-state index contributed by atoms with van der Waals surface area (Å²) in [7, 11) is 5.13. The van der Waals surface area contributed by atoms with Crippen molar-refractivity contribution in [3.63, 3.8) is 0 Å². The number of nitrogens with zero attached hydrogens (tertiary/aromatic N) is 5. The van der Waals surface area contributed by atoms with Gasteiger partial charge < -0.3 is 19.4 Å². The zero-order chi connectivity index (χ0) is 21.0. The maximum Gasteiger partial charge on any atom is 0.319 e. The molecule has 1 aromatic heterocycles. The van der Waals surface area contributed by atoms with E-state index in [2.05, 4.69) is 9.88 Å². The van der Waals surface area contributed by atoms with Crippen molar-refractivity contribution in [2.45, 2.75) is 20.0 Å². The second kappa shape index (κ2) is 9.17. The highest BCUT2D eigenvalue weighted by molar-refractivity contribution is 5.74. The summed E-state index contributed by atoms with van der Waals surface area (Å²) in [5.74, 6) is 1.20. The Morgan fingerprint density at radius 2 is 1.86 bits per heavy atom. The van der Waals surface area contributed by atoms with Crippen LogP contribution in [0.3, 0.4) is 0 Å². The van der Waals surface area contributed by atoms with E-state index in [-0.39, 0.29) is 11.8 Å². The monoisotopic (exact) mass is 401 g/mol. The van der Waals surface area contributed by atoms with Gasteiger partial charge in [-0.25, -0.2) is 19.2 Å². The van der Waals surface area contributed by atoms with Gasteiger partial charge in [-0.1, -0.05) is 18.2 Å². The number of ether oxygens (including phenoxy) is 1. The number of urea groups is 1. The summed E-state index contributed by atoms with van der Waals surface area (Å²) in [5.41, 5.74) is 2.24. The molecule has 0 N–H and O–H groups in total. The smallest absolute Gasteiger partial charge is 0.319 e. The number of carbonyl (C=O) groups is 1. The van der Waals surface area contributed by atoms with Crippen molar-refractivity contribution >= 4 is 11.8 Å². The van der Waals surface area contributed by atoms with Crippen LogP contribution in [0.15, 0.2) is 24.3 Å². The zero-order valence-electron chi connectivity index (χ0n) is 17.5. The van der Waals surface area contributed by atoms with E-state index in [0.29, 0.717) is 50.6 Å². The minimum Gasteiger partial charge on any atom is -0.378 e. The van der Waals surface area contributed by atoms with Crippen molar-refractivity contribution < 1.29 is 13.9 Å². The Hall–Kier alpha value is -2.74. The Morgan fingerprint density at radius 3 is 2.48 bits per heavy atom. The second-order valence-corrected chi connectivity index (χ2v) is 7.37. The SMILES string of the molecule is COCc1nc(C)nc(N2CCN(C(=O)N(C)C)CC2)c1Cc1ccccc1F. The maximum atomic E-state index is 14.3. The second-order valence-electron chi connectivity index (χ2n) is 7.37. The van der Waals surface area contributed by atoms with E-state index in [1.54, 1.807) is 38.2 Å². The molecule has 7 nitrogen and oxygen atoms in total. The number of anilines is 1. The van der Waals surface area contributed by atoms with Crippen LogP contribution in [0.4, 0.5) is 15.0 Å². The van der Waals surface area contributed by atoms with Crippen LogP contribution < -0.4 is 4.90 Å². The number of hydrogen-bond acceptors (Lipinski definition) is 5. The summed E-state index contributed by atoms with van der Waals surface area (Å²) in [6.07, 6.45) is 0.387. The highest BCUT2D eigenvalue weighted by Crippen LogP contribution is 2.27. The molecule has 2 aromatic rings. The summed E-state index contributed by atoms with van der Waals surface area (Å²) < 4.78 is 19.7. The highest BCUT2D eigenvalue weighted by Gasteiger charge is 2.26. The third kappa shape index (κ3) is 4.82. The average Bonchev–Trinajstić information content (AvgIpc) is 2.71. The molecule has 0 unspecified atom stereocenters. The van der Waals surface area contributed by atoms with Crippen LogP contribution in [0, 0.1) is 12.7 Å². The lowest BCUT2D eigenvalue weighted by Crippen LogP contribution is -2.52. The molecule has 1 saturated heterocycles. The van der Waals surface area contributed by atoms with Crippen molar-refractivity contribution in [2.24, 2.45) is 0 Å². The molecule has 29 heavy (non-hydrogen) atoms. The third-order valence-corrected chi connectivity index (χ3v) is 5.02. The van der Waals surface area contributed by atoms with E-state index in [1.165, 1.54) is 6.07 Å². The molecule has 1 aliphatic heterocycles. The van der Waals surface area contributed by atoms with E-state index in [1.807, 2.05) is 17.9 Å². The van der Waals surface area contributed by atoms with Gasteiger partial charge in [-0.2, -0.15) is 0 Å². The van der Waals surface area contributed by atoms with E-state index in [4.69, 9.17) is 9.72 Å². The predicted molar refractivity (Wildman–Crippen MR) is 110 cm³/mol. The number of hydrogen-bond donors (Lipinski definition) is 0. The van der Waals surface area contributed by atoms with Gasteiger partial charge in [-0.15, -0.1) is 0 Å². The van der Waals surface area contributed by atoms with Gasteiger partial charge >= 0.3 is 6.03 Å². The molecule has 3 rings (SSSR count). The zero-order valence-corrected chi connectivity index (χ0v) is 17.5. The Morgan fingerprint density at radius 1 is 1.17 bits per heavy atom. The summed E-state index contributed by atoms with van der Waals surface area (Å²) in [5, 5.41) is 0. The number of halogens is 1. The molecule has 0 bridgehead atoms. The molecule has 2 amide bonds. The minimum atomic E-state index is -0.246. The fourth-order valence-electron chi connectivity index (χ4n) is 3.56. The summed E-state index contributed by atoms with van der Waals surface area (Å²) in [6, 6.07) is 6.77. The first-order chi connectivity index (χ1) is 13.9. The molecule has 2 heterocycles. The Kier molecular flexibility index (Phi) is 6.64. The molecule has 156 valence electrons. The van der Waals surface area contributed by atoms with Gasteiger partial charge in [-0.05, 0) is 18.6 Å². The number of benzene rings is 1. The fraction of sp³-hybridized carbons (Fsp3) is 0.476. The molecule has 1 fully saturated rings. The van der Waals surface area contributed by atoms with Gasteiger partial charge in [0, 0.05) is 59.4 Å². The highest BCUT2D eigenvalue weighted by atomic mass is 19.1. The fourth-order valence-corrected chi connectivity index (χ4v) is 3.56. The van der Waals surface area contributed by atoms with Crippen molar-refractivity contribution in [1.82, 2.24) is 19.8 Å². The van der Waals surface area contributed by atoms with Gasteiger partial charge in [0.15, 0.2) is 0 Å². The van der Waals surface area contributed by atoms with Crippen LogP contribution in [0.25, 0.3) is 0 Å². The van der Waals surface area contributed by atoms with E-state index in [9.17, 15) is 9.18 Å². The molecule has 0 spiro atoms. The first-order valence-electron chi connectivity index (χ1n) is 9.70. The first-order valence-corrected chi connectivity index (χ1v) is 9.70. The first kappa shape index (κ1) is 21.0. The van der Waals surface area contributed by atoms with Crippen molar-refractivity contribution in [3.8, 4) is 0 Å². The third-order valence-electron chi connectivity index (χ3n) is 5.02. The number of rotatable bonds is 5. The molecule has 1 aromatic carbocycles. The molecule has 0 radical (unpaired) electrons. The topological polar surface area (TPSA) is 61.8 Å². The number of amides is 2. The van der Waals surface area contributed by atoms with E-state index in [0.717, 1.165) is 17.1 Å². The van der Waals surface area contributed by atoms with Gasteiger partial charge in [0.1, 0.15) is 17.5 Å². The lowest BCUT2D eigenvalue weighted by molar-refractivity contribution is 0.167. The van der Waals surface area contributed by atoms with Crippen LogP contribution >= 0.6 is 0 Å². The standard InChI is InChI=1S/C21H28FN5O2/c1-15-23-19(14-29-4)17(13-16-7-5-6-8-18(16)22)20(24-15)26-9-11-27(12-10-26)21(28)25(2)3/h5-8H,9-14H2,1-4H3. The molecule has 8 heteroatoms. The van der Waals surface area contributed by atoms with Gasteiger partial charge in [-0.3, -0.25) is 0 Å². The van der Waals surface area contributed by atoms with Crippen LogP contribution in [0.2, 0.25) is 0 Å². The molecular formula is C21H28FN5O2. The largest absolute Gasteiger partial charge is 0.378 e. The average molecular weight is 401 g/mol. The molecular weight excluding hydrogens is 373 g/mol. The summed E-state index contributed by atoms with van der Waals surface area (Å²) >= 11 is 0. The van der Waals surface area contributed by atoms with Crippen LogP contribution in [0.5, 0.6) is 0 Å². The van der Waals surface area contributed by atoms with Gasteiger partial charge in [0.2, 0.25) is 0 Å². The molecule has 0 saturated carbocycles. The van der Waals surface area contributed by atoms with E-state index < -0.39 is 0 Å². The van der Waals surface area contributed by atoms with E-state index >= 15 is 0 Å². The van der Waals surface area contributed by atoms with Gasteiger partial charge in [0.05, 0.1) is 12.3 Å². The number of carbonyl (C=O) groups excluding carboxylic acids is 1. The Bertz CT molecular complexity index is 866. The summed E-state index contributed by atoms with van der Waals surface area (Å²) in [6.45, 7) is 4.72. The Labute approximate surface area is 171 Å². The quantitative estimate of drug-likeness (QED) is 0.770. The van der Waals surface area contributed by atoms with Gasteiger partial charge in [0.25, 0.3) is 0 Å². The van der Waals surface area contributed by atoms with Crippen molar-refractivity contribution in [3.05, 3.63) is 52.7 Å². The van der Waals surface area contributed by atoms with Crippen molar-refractivity contribution in [1.29, 1.82) is 0 Å². The maximum absolute atomic E-state index is 14.3. The number of methoxy groups -OCH3 is 1. The predicted octanol–water partition coefficient (Wildman–Crippen LogP) is 2.46. The normalized spacial score (nSPS) is 14.2. The summed E-state index contributed by atoms with van der Waals surface area (Å²) in [4.78, 5) is 27.1. The molecule has 0 atom stereocenters. The number of aryl methyl sites for hydroxylation is 1. The molecule has 1 aliphatic rings.